The fourth-order valence-corrected chi connectivity index (χ4v) is 4.85. The minimum absolute atomic E-state index is 0.0285. The molecule has 1 aromatic rings. The molecule has 2 heterocycles. The number of hydrogen-bond donors (Lipinski definition) is 1. The second kappa shape index (κ2) is 4.04. The highest BCUT2D eigenvalue weighted by Gasteiger charge is 2.52. The second-order valence-electron chi connectivity index (χ2n) is 5.82. The summed E-state index contributed by atoms with van der Waals surface area (Å²) in [6, 6.07) is -0.0367. The summed E-state index contributed by atoms with van der Waals surface area (Å²) < 4.78 is 28.5. The van der Waals surface area contributed by atoms with Gasteiger partial charge in [0.15, 0.2) is 5.03 Å². The third-order valence-corrected chi connectivity index (χ3v) is 6.68. The maximum atomic E-state index is 12.7. The van der Waals surface area contributed by atoms with Crippen molar-refractivity contribution in [2.45, 2.75) is 37.3 Å². The fraction of sp³-hybridized carbons (Fsp3) is 0.750. The van der Waals surface area contributed by atoms with E-state index < -0.39 is 10.0 Å². The van der Waals surface area contributed by atoms with Gasteiger partial charge in [-0.25, -0.2) is 13.4 Å². The Morgan fingerprint density at radius 1 is 1.47 bits per heavy atom. The van der Waals surface area contributed by atoms with Crippen LogP contribution in [-0.4, -0.2) is 41.4 Å². The van der Waals surface area contributed by atoms with Crippen molar-refractivity contribution in [3.05, 3.63) is 12.0 Å². The normalized spacial score (nSPS) is 26.8. The van der Waals surface area contributed by atoms with Gasteiger partial charge in [0.05, 0.1) is 6.20 Å². The number of nitrogens with zero attached hydrogens (tertiary/aromatic N) is 3. The smallest absolute Gasteiger partial charge is 0.260 e. The maximum Gasteiger partial charge on any atom is 0.260 e. The van der Waals surface area contributed by atoms with E-state index in [0.29, 0.717) is 18.9 Å². The van der Waals surface area contributed by atoms with E-state index in [1.165, 1.54) is 10.5 Å². The number of sulfonamides is 1. The van der Waals surface area contributed by atoms with Crippen LogP contribution < -0.4 is 5.73 Å². The van der Waals surface area contributed by atoms with Crippen molar-refractivity contribution >= 4 is 10.0 Å². The third kappa shape index (κ3) is 1.75. The Morgan fingerprint density at radius 3 is 2.58 bits per heavy atom. The number of aryl methyl sites for hydroxylation is 1. The summed E-state index contributed by atoms with van der Waals surface area (Å²) in [4.78, 5) is 4.07. The molecule has 7 heteroatoms. The van der Waals surface area contributed by atoms with Crippen LogP contribution in [0.1, 0.15) is 25.1 Å². The molecule has 2 aliphatic rings. The molecule has 1 saturated heterocycles. The van der Waals surface area contributed by atoms with Crippen molar-refractivity contribution in [1.82, 2.24) is 13.9 Å². The molecule has 1 spiro atoms. The summed E-state index contributed by atoms with van der Waals surface area (Å²) in [5, 5.41) is 0.258. The van der Waals surface area contributed by atoms with Crippen molar-refractivity contribution in [3.8, 4) is 0 Å². The highest BCUT2D eigenvalue weighted by atomic mass is 32.2. The highest BCUT2D eigenvalue weighted by molar-refractivity contribution is 7.89. The Bertz CT molecular complexity index is 603. The van der Waals surface area contributed by atoms with Gasteiger partial charge >= 0.3 is 0 Å². The van der Waals surface area contributed by atoms with Gasteiger partial charge in [-0.2, -0.15) is 4.31 Å². The molecule has 19 heavy (non-hydrogen) atoms. The zero-order chi connectivity index (χ0) is 13.8. The molecule has 0 amide bonds. The average Bonchev–Trinajstić information content (AvgIpc) is 2.81. The number of hydrogen-bond acceptors (Lipinski definition) is 4. The summed E-state index contributed by atoms with van der Waals surface area (Å²) in [5.74, 6) is 0.695. The second-order valence-corrected chi connectivity index (χ2v) is 7.71. The molecule has 1 aliphatic carbocycles. The predicted octanol–water partition coefficient (Wildman–Crippen LogP) is 0.230. The van der Waals surface area contributed by atoms with Gasteiger partial charge in [0, 0.05) is 31.6 Å². The van der Waals surface area contributed by atoms with Crippen LogP contribution in [0.2, 0.25) is 0 Å². The van der Waals surface area contributed by atoms with Gasteiger partial charge in [-0.3, -0.25) is 0 Å². The van der Waals surface area contributed by atoms with Gasteiger partial charge in [-0.05, 0) is 19.8 Å². The molecule has 6 nitrogen and oxygen atoms in total. The number of imidazole rings is 1. The van der Waals surface area contributed by atoms with Gasteiger partial charge in [-0.15, -0.1) is 0 Å². The van der Waals surface area contributed by atoms with Crippen LogP contribution in [0.15, 0.2) is 11.2 Å². The van der Waals surface area contributed by atoms with E-state index in [0.717, 1.165) is 19.3 Å². The summed E-state index contributed by atoms with van der Waals surface area (Å²) in [5.41, 5.74) is 6.18. The van der Waals surface area contributed by atoms with E-state index in [2.05, 4.69) is 4.98 Å². The summed E-state index contributed by atoms with van der Waals surface area (Å²) in [6.45, 7) is 2.77. The van der Waals surface area contributed by atoms with Gasteiger partial charge in [0.25, 0.3) is 10.0 Å². The van der Waals surface area contributed by atoms with E-state index in [1.54, 1.807) is 18.5 Å². The van der Waals surface area contributed by atoms with Crippen molar-refractivity contribution in [3.63, 3.8) is 0 Å². The highest BCUT2D eigenvalue weighted by Crippen LogP contribution is 2.48. The first-order valence-corrected chi connectivity index (χ1v) is 8.05. The van der Waals surface area contributed by atoms with Crippen LogP contribution in [0, 0.1) is 12.3 Å². The van der Waals surface area contributed by atoms with Crippen molar-refractivity contribution in [2.75, 3.05) is 13.1 Å². The topological polar surface area (TPSA) is 81.2 Å². The molecular weight excluding hydrogens is 264 g/mol. The first-order valence-electron chi connectivity index (χ1n) is 6.61. The summed E-state index contributed by atoms with van der Waals surface area (Å²) in [7, 11) is -1.75. The average molecular weight is 284 g/mol. The summed E-state index contributed by atoms with van der Waals surface area (Å²) in [6.07, 6.45) is 4.68. The maximum absolute atomic E-state index is 12.7. The lowest BCUT2D eigenvalue weighted by atomic mass is 9.66. The van der Waals surface area contributed by atoms with Gasteiger partial charge in [-0.1, -0.05) is 6.42 Å². The van der Waals surface area contributed by atoms with Crippen molar-refractivity contribution in [2.24, 2.45) is 18.2 Å². The lowest BCUT2D eigenvalue weighted by molar-refractivity contribution is 0.133. The van der Waals surface area contributed by atoms with Crippen molar-refractivity contribution in [1.29, 1.82) is 0 Å². The number of aromatic nitrogens is 2. The van der Waals surface area contributed by atoms with Crippen LogP contribution in [-0.2, 0) is 17.1 Å². The largest absolute Gasteiger partial charge is 0.326 e. The Kier molecular flexibility index (Phi) is 2.78. The molecule has 3 rings (SSSR count). The first-order chi connectivity index (χ1) is 8.87. The lowest BCUT2D eigenvalue weighted by Gasteiger charge is -2.41. The van der Waals surface area contributed by atoms with E-state index in [-0.39, 0.29) is 16.5 Å². The van der Waals surface area contributed by atoms with Crippen LogP contribution in [0.25, 0.3) is 0 Å². The van der Waals surface area contributed by atoms with Crippen LogP contribution >= 0.6 is 0 Å². The predicted molar refractivity (Wildman–Crippen MR) is 71.0 cm³/mol. The molecular formula is C12H20N4O2S. The Morgan fingerprint density at radius 2 is 2.16 bits per heavy atom. The molecule has 0 radical (unpaired) electrons. The number of nitrogens with two attached hydrogens (primary N) is 1. The van der Waals surface area contributed by atoms with E-state index in [4.69, 9.17) is 5.73 Å². The molecule has 1 atom stereocenters. The SMILES string of the molecule is Cc1ncc(S(=O)(=O)N2CC(N)C3(CCC3)C2)n1C. The van der Waals surface area contributed by atoms with Crippen LogP contribution in [0.3, 0.4) is 0 Å². The van der Waals surface area contributed by atoms with Crippen molar-refractivity contribution < 1.29 is 8.42 Å². The standard InChI is InChI=1S/C12H20N4O2S/c1-9-14-6-11(15(9)2)19(17,18)16-7-10(13)12(8-16)4-3-5-12/h6,10H,3-5,7-8,13H2,1-2H3. The minimum Gasteiger partial charge on any atom is -0.326 e. The quantitative estimate of drug-likeness (QED) is 0.843. The van der Waals surface area contributed by atoms with Gasteiger partial charge in [0.1, 0.15) is 5.82 Å². The minimum atomic E-state index is -3.47. The van der Waals surface area contributed by atoms with Crippen LogP contribution in [0.4, 0.5) is 0 Å². The molecule has 1 unspecified atom stereocenters. The molecule has 1 saturated carbocycles. The first kappa shape index (κ1) is 13.1. The molecule has 1 aromatic heterocycles. The molecule has 1 aliphatic heterocycles. The van der Waals surface area contributed by atoms with E-state index in [9.17, 15) is 8.42 Å². The Labute approximate surface area is 113 Å². The molecule has 0 bridgehead atoms. The molecule has 2 fully saturated rings. The zero-order valence-electron chi connectivity index (χ0n) is 11.3. The zero-order valence-corrected chi connectivity index (χ0v) is 12.2. The van der Waals surface area contributed by atoms with E-state index >= 15 is 0 Å². The van der Waals surface area contributed by atoms with Gasteiger partial charge < -0.3 is 10.3 Å². The van der Waals surface area contributed by atoms with Crippen LogP contribution in [0.5, 0.6) is 0 Å². The molecule has 0 aromatic carbocycles. The fourth-order valence-electron chi connectivity index (χ4n) is 3.14. The third-order valence-electron chi connectivity index (χ3n) is 4.81. The van der Waals surface area contributed by atoms with E-state index in [1.807, 2.05) is 0 Å². The summed E-state index contributed by atoms with van der Waals surface area (Å²) >= 11 is 0. The molecule has 106 valence electrons. The number of rotatable bonds is 2. The Hall–Kier alpha value is -0.920. The monoisotopic (exact) mass is 284 g/mol. The van der Waals surface area contributed by atoms with Gasteiger partial charge in [0.2, 0.25) is 0 Å². The lowest BCUT2D eigenvalue weighted by Crippen LogP contribution is -2.45. The molecule has 2 N–H and O–H groups in total. The Balaban J connectivity index is 1.92.